The summed E-state index contributed by atoms with van der Waals surface area (Å²) in [7, 11) is 3.89. The van der Waals surface area contributed by atoms with Crippen LogP contribution in [0.15, 0.2) is 0 Å². The Morgan fingerprint density at radius 1 is 1.10 bits per heavy atom. The van der Waals surface area contributed by atoms with Gasteiger partial charge in [0.15, 0.2) is 18.5 Å². The SMILES string of the molecule is COC(=O)C(CC(OC1CCCCO1)C(=O)OC)OC. The fourth-order valence-electron chi connectivity index (χ4n) is 1.96. The molecule has 3 unspecified atom stereocenters. The van der Waals surface area contributed by atoms with Crippen molar-refractivity contribution in [3.8, 4) is 0 Å². The van der Waals surface area contributed by atoms with Crippen LogP contribution in [0.2, 0.25) is 0 Å². The van der Waals surface area contributed by atoms with Crippen molar-refractivity contribution < 1.29 is 33.3 Å². The molecule has 1 heterocycles. The summed E-state index contributed by atoms with van der Waals surface area (Å²) in [6.07, 6.45) is 0.427. The van der Waals surface area contributed by atoms with Crippen molar-refractivity contribution in [1.82, 2.24) is 0 Å². The Kier molecular flexibility index (Phi) is 7.50. The molecule has 0 aromatic heterocycles. The van der Waals surface area contributed by atoms with Crippen molar-refractivity contribution in [3.63, 3.8) is 0 Å². The molecule has 0 saturated carbocycles. The van der Waals surface area contributed by atoms with E-state index in [0.29, 0.717) is 13.0 Å². The van der Waals surface area contributed by atoms with Gasteiger partial charge in [0.05, 0.1) is 14.2 Å². The van der Waals surface area contributed by atoms with Crippen LogP contribution in [-0.2, 0) is 33.3 Å². The molecular weight excluding hydrogens is 268 g/mol. The van der Waals surface area contributed by atoms with E-state index in [2.05, 4.69) is 9.47 Å². The Bertz CT molecular complexity index is 312. The normalized spacial score (nSPS) is 21.9. The first-order valence-corrected chi connectivity index (χ1v) is 6.57. The van der Waals surface area contributed by atoms with Crippen molar-refractivity contribution in [1.29, 1.82) is 0 Å². The minimum absolute atomic E-state index is 0.0235. The zero-order valence-corrected chi connectivity index (χ0v) is 12.1. The Morgan fingerprint density at radius 2 is 1.75 bits per heavy atom. The molecule has 0 aromatic rings. The monoisotopic (exact) mass is 290 g/mol. The Balaban J connectivity index is 2.62. The van der Waals surface area contributed by atoms with E-state index in [0.717, 1.165) is 12.8 Å². The smallest absolute Gasteiger partial charge is 0.335 e. The van der Waals surface area contributed by atoms with Crippen molar-refractivity contribution in [2.24, 2.45) is 0 Å². The van der Waals surface area contributed by atoms with Gasteiger partial charge in [0.2, 0.25) is 0 Å². The lowest BCUT2D eigenvalue weighted by molar-refractivity contribution is -0.207. The van der Waals surface area contributed by atoms with Gasteiger partial charge >= 0.3 is 11.9 Å². The van der Waals surface area contributed by atoms with E-state index in [1.165, 1.54) is 21.3 Å². The lowest BCUT2D eigenvalue weighted by atomic mass is 10.1. The third-order valence-corrected chi connectivity index (χ3v) is 3.09. The molecular formula is C13H22O7. The van der Waals surface area contributed by atoms with Crippen LogP contribution in [0.25, 0.3) is 0 Å². The maximum atomic E-state index is 11.7. The first-order chi connectivity index (χ1) is 9.62. The number of rotatable bonds is 7. The molecule has 0 amide bonds. The van der Waals surface area contributed by atoms with E-state index in [-0.39, 0.29) is 6.42 Å². The minimum Gasteiger partial charge on any atom is -0.467 e. The summed E-state index contributed by atoms with van der Waals surface area (Å²) in [5.41, 5.74) is 0. The topological polar surface area (TPSA) is 80.3 Å². The molecule has 3 atom stereocenters. The quantitative estimate of drug-likeness (QED) is 0.637. The van der Waals surface area contributed by atoms with Crippen LogP contribution in [-0.4, -0.2) is 58.4 Å². The van der Waals surface area contributed by atoms with Crippen molar-refractivity contribution in [2.45, 2.75) is 44.2 Å². The molecule has 20 heavy (non-hydrogen) atoms. The van der Waals surface area contributed by atoms with Crippen LogP contribution in [0.5, 0.6) is 0 Å². The standard InChI is InChI=1S/C13H22O7/c1-16-9(12(14)17-2)8-10(13(15)18-3)20-11-6-4-5-7-19-11/h9-11H,4-8H2,1-3H3. The predicted octanol–water partition coefficient (Wildman–Crippen LogP) is 0.649. The molecule has 7 heteroatoms. The molecule has 1 rings (SSSR count). The molecule has 1 aliphatic rings. The number of carbonyl (C=O) groups excluding carboxylic acids is 2. The van der Waals surface area contributed by atoms with E-state index in [1.807, 2.05) is 0 Å². The van der Waals surface area contributed by atoms with Crippen LogP contribution in [0.3, 0.4) is 0 Å². The highest BCUT2D eigenvalue weighted by Gasteiger charge is 2.32. The number of esters is 2. The Labute approximate surface area is 118 Å². The molecule has 7 nitrogen and oxygen atoms in total. The average Bonchev–Trinajstić information content (AvgIpc) is 2.50. The fourth-order valence-corrected chi connectivity index (χ4v) is 1.96. The molecule has 0 radical (unpaired) electrons. The lowest BCUT2D eigenvalue weighted by Gasteiger charge is -2.27. The molecule has 1 fully saturated rings. The van der Waals surface area contributed by atoms with E-state index in [4.69, 9.17) is 14.2 Å². The highest BCUT2D eigenvalue weighted by molar-refractivity contribution is 5.78. The maximum Gasteiger partial charge on any atom is 0.335 e. The molecule has 0 N–H and O–H groups in total. The van der Waals surface area contributed by atoms with Gasteiger partial charge in [-0.3, -0.25) is 0 Å². The first kappa shape index (κ1) is 16.9. The number of hydrogen-bond donors (Lipinski definition) is 0. The third-order valence-electron chi connectivity index (χ3n) is 3.09. The van der Waals surface area contributed by atoms with Gasteiger partial charge in [0.25, 0.3) is 0 Å². The summed E-state index contributed by atoms with van der Waals surface area (Å²) in [6, 6.07) is 0. The number of ether oxygens (including phenoxy) is 5. The summed E-state index contributed by atoms with van der Waals surface area (Å²) >= 11 is 0. The van der Waals surface area contributed by atoms with E-state index < -0.39 is 30.4 Å². The largest absolute Gasteiger partial charge is 0.467 e. The molecule has 1 aliphatic heterocycles. The second-order valence-electron chi connectivity index (χ2n) is 4.43. The number of carbonyl (C=O) groups is 2. The molecule has 0 bridgehead atoms. The summed E-state index contributed by atoms with van der Waals surface area (Å²) < 4.78 is 25.3. The zero-order valence-electron chi connectivity index (χ0n) is 12.1. The summed E-state index contributed by atoms with van der Waals surface area (Å²) in [4.78, 5) is 23.2. The Hall–Kier alpha value is -1.18. The predicted molar refractivity (Wildman–Crippen MR) is 67.9 cm³/mol. The van der Waals surface area contributed by atoms with Crippen molar-refractivity contribution in [2.75, 3.05) is 27.9 Å². The lowest BCUT2D eigenvalue weighted by Crippen LogP contribution is -2.38. The van der Waals surface area contributed by atoms with Gasteiger partial charge in [-0.05, 0) is 19.3 Å². The minimum atomic E-state index is -0.924. The van der Waals surface area contributed by atoms with Gasteiger partial charge in [0.1, 0.15) is 0 Å². The fraction of sp³-hybridized carbons (Fsp3) is 0.846. The van der Waals surface area contributed by atoms with Gasteiger partial charge in [-0.2, -0.15) is 0 Å². The first-order valence-electron chi connectivity index (χ1n) is 6.57. The summed E-state index contributed by atoms with van der Waals surface area (Å²) in [5.74, 6) is -1.13. The number of hydrogen-bond acceptors (Lipinski definition) is 7. The van der Waals surface area contributed by atoms with Gasteiger partial charge in [-0.15, -0.1) is 0 Å². The van der Waals surface area contributed by atoms with Crippen molar-refractivity contribution >= 4 is 11.9 Å². The molecule has 0 aliphatic carbocycles. The third kappa shape index (κ3) is 5.07. The number of methoxy groups -OCH3 is 3. The Morgan fingerprint density at radius 3 is 2.25 bits per heavy atom. The molecule has 116 valence electrons. The van der Waals surface area contributed by atoms with E-state index in [1.54, 1.807) is 0 Å². The average molecular weight is 290 g/mol. The zero-order chi connectivity index (χ0) is 15.0. The van der Waals surface area contributed by atoms with Crippen LogP contribution in [0, 0.1) is 0 Å². The maximum absolute atomic E-state index is 11.7. The van der Waals surface area contributed by atoms with Crippen molar-refractivity contribution in [3.05, 3.63) is 0 Å². The molecule has 0 spiro atoms. The highest BCUT2D eigenvalue weighted by atomic mass is 16.7. The molecule has 0 aromatic carbocycles. The summed E-state index contributed by atoms with van der Waals surface area (Å²) in [5, 5.41) is 0. The van der Waals surface area contributed by atoms with Crippen LogP contribution < -0.4 is 0 Å². The second kappa shape index (κ2) is 8.89. The van der Waals surface area contributed by atoms with Crippen LogP contribution in [0.1, 0.15) is 25.7 Å². The summed E-state index contributed by atoms with van der Waals surface area (Å²) in [6.45, 7) is 0.600. The second-order valence-corrected chi connectivity index (χ2v) is 4.43. The molecule has 1 saturated heterocycles. The highest BCUT2D eigenvalue weighted by Crippen LogP contribution is 2.19. The van der Waals surface area contributed by atoms with E-state index >= 15 is 0 Å². The van der Waals surface area contributed by atoms with E-state index in [9.17, 15) is 9.59 Å². The van der Waals surface area contributed by atoms with Gasteiger partial charge in [-0.1, -0.05) is 0 Å². The van der Waals surface area contributed by atoms with Gasteiger partial charge < -0.3 is 23.7 Å². The van der Waals surface area contributed by atoms with Gasteiger partial charge in [-0.25, -0.2) is 9.59 Å². The van der Waals surface area contributed by atoms with Crippen LogP contribution in [0.4, 0.5) is 0 Å². The van der Waals surface area contributed by atoms with Gasteiger partial charge in [0, 0.05) is 20.1 Å². The van der Waals surface area contributed by atoms with Crippen LogP contribution >= 0.6 is 0 Å².